The number of nitrogens with zero attached hydrogens (tertiary/aromatic N) is 3. The summed E-state index contributed by atoms with van der Waals surface area (Å²) in [5.41, 5.74) is 0. The number of amides is 2. The molecule has 144 valence electrons. The smallest absolute Gasteiger partial charge is 0.248 e. The van der Waals surface area contributed by atoms with Crippen LogP contribution in [0.25, 0.3) is 0 Å². The van der Waals surface area contributed by atoms with Crippen molar-refractivity contribution in [3.8, 4) is 0 Å². The fourth-order valence-corrected chi connectivity index (χ4v) is 3.92. The van der Waals surface area contributed by atoms with Gasteiger partial charge in [0, 0.05) is 46.4 Å². The van der Waals surface area contributed by atoms with Crippen molar-refractivity contribution in [2.75, 3.05) is 67.1 Å². The van der Waals surface area contributed by atoms with Gasteiger partial charge in [0.15, 0.2) is 0 Å². The number of ether oxygens (including phenoxy) is 1. The van der Waals surface area contributed by atoms with Crippen molar-refractivity contribution in [2.24, 2.45) is 5.92 Å². The molecule has 1 N–H and O–H groups in total. The Balaban J connectivity index is 1.92. The molecule has 1 atom stereocenters. The molecule has 2 amide bonds. The molecule has 0 aromatic carbocycles. The number of likely N-dealkylation sites (N-methyl/N-ethyl adjacent to an activating group) is 1. The second kappa shape index (κ2) is 10.1. The number of rotatable bonds is 8. The van der Waals surface area contributed by atoms with E-state index < -0.39 is 0 Å². The Bertz CT molecular complexity index is 430. The van der Waals surface area contributed by atoms with Crippen molar-refractivity contribution >= 4 is 11.8 Å². The van der Waals surface area contributed by atoms with E-state index in [2.05, 4.69) is 15.1 Å². The molecule has 1 aliphatic heterocycles. The molecule has 0 spiro atoms. The molecule has 7 heteroatoms. The van der Waals surface area contributed by atoms with Gasteiger partial charge in [0.25, 0.3) is 0 Å². The summed E-state index contributed by atoms with van der Waals surface area (Å²) >= 11 is 0. The van der Waals surface area contributed by atoms with Crippen LogP contribution in [-0.4, -0.2) is 99.6 Å². The van der Waals surface area contributed by atoms with Crippen molar-refractivity contribution < 1.29 is 14.3 Å². The molecule has 1 aliphatic carbocycles. The number of carbonyl (C=O) groups excluding carboxylic acids is 2. The maximum absolute atomic E-state index is 12.9. The lowest BCUT2D eigenvalue weighted by molar-refractivity contribution is -0.138. The van der Waals surface area contributed by atoms with Crippen LogP contribution in [0.4, 0.5) is 0 Å². The van der Waals surface area contributed by atoms with Crippen LogP contribution in [0.15, 0.2) is 0 Å². The number of hydrogen-bond acceptors (Lipinski definition) is 5. The average Bonchev–Trinajstić information content (AvgIpc) is 3.09. The summed E-state index contributed by atoms with van der Waals surface area (Å²) in [4.78, 5) is 31.0. The SMILES string of the molecule is COCC(=O)N1CCN(C(C(=O)NCCN(C)C)C2CCCC2)CC1. The number of nitrogens with one attached hydrogen (secondary N) is 1. The van der Waals surface area contributed by atoms with Gasteiger partial charge in [-0.05, 0) is 32.9 Å². The van der Waals surface area contributed by atoms with Gasteiger partial charge >= 0.3 is 0 Å². The summed E-state index contributed by atoms with van der Waals surface area (Å²) in [5.74, 6) is 0.640. The zero-order chi connectivity index (χ0) is 18.2. The van der Waals surface area contributed by atoms with E-state index in [-0.39, 0.29) is 24.5 Å². The minimum Gasteiger partial charge on any atom is -0.375 e. The van der Waals surface area contributed by atoms with Crippen LogP contribution in [0, 0.1) is 5.92 Å². The van der Waals surface area contributed by atoms with Crippen LogP contribution in [0.2, 0.25) is 0 Å². The van der Waals surface area contributed by atoms with Crippen molar-refractivity contribution in [3.05, 3.63) is 0 Å². The lowest BCUT2D eigenvalue weighted by Gasteiger charge is -2.40. The maximum atomic E-state index is 12.9. The largest absolute Gasteiger partial charge is 0.375 e. The first kappa shape index (κ1) is 20.1. The van der Waals surface area contributed by atoms with E-state index in [4.69, 9.17) is 4.74 Å². The van der Waals surface area contributed by atoms with Crippen LogP contribution in [0.3, 0.4) is 0 Å². The molecular weight excluding hydrogens is 320 g/mol. The van der Waals surface area contributed by atoms with E-state index in [1.54, 1.807) is 7.11 Å². The Kier molecular flexibility index (Phi) is 8.12. The molecule has 1 saturated heterocycles. The zero-order valence-electron chi connectivity index (χ0n) is 16.0. The normalized spacial score (nSPS) is 20.9. The van der Waals surface area contributed by atoms with Gasteiger partial charge < -0.3 is 19.9 Å². The van der Waals surface area contributed by atoms with Gasteiger partial charge in [0.05, 0.1) is 6.04 Å². The van der Waals surface area contributed by atoms with Gasteiger partial charge in [-0.25, -0.2) is 0 Å². The Hall–Kier alpha value is -1.18. The van der Waals surface area contributed by atoms with Gasteiger partial charge in [0.2, 0.25) is 11.8 Å². The molecule has 1 saturated carbocycles. The van der Waals surface area contributed by atoms with Gasteiger partial charge in [0.1, 0.15) is 6.61 Å². The lowest BCUT2D eigenvalue weighted by atomic mass is 9.95. The highest BCUT2D eigenvalue weighted by atomic mass is 16.5. The molecule has 25 heavy (non-hydrogen) atoms. The molecule has 0 bridgehead atoms. The lowest BCUT2D eigenvalue weighted by Crippen LogP contribution is -2.58. The van der Waals surface area contributed by atoms with Crippen LogP contribution < -0.4 is 5.32 Å². The summed E-state index contributed by atoms with van der Waals surface area (Å²) in [6.07, 6.45) is 4.71. The first-order valence-electron chi connectivity index (χ1n) is 9.46. The number of hydrogen-bond donors (Lipinski definition) is 1. The highest BCUT2D eigenvalue weighted by Gasteiger charge is 2.37. The fraction of sp³-hybridized carbons (Fsp3) is 0.889. The molecule has 7 nitrogen and oxygen atoms in total. The number of methoxy groups -OCH3 is 1. The van der Waals surface area contributed by atoms with Crippen LogP contribution in [0.1, 0.15) is 25.7 Å². The zero-order valence-corrected chi connectivity index (χ0v) is 16.0. The minimum atomic E-state index is -0.0515. The summed E-state index contributed by atoms with van der Waals surface area (Å²) < 4.78 is 4.94. The van der Waals surface area contributed by atoms with Crippen molar-refractivity contribution in [1.29, 1.82) is 0 Å². The topological polar surface area (TPSA) is 65.1 Å². The second-order valence-corrected chi connectivity index (χ2v) is 7.43. The van der Waals surface area contributed by atoms with Crippen molar-refractivity contribution in [3.63, 3.8) is 0 Å². The molecule has 2 fully saturated rings. The molecule has 1 heterocycles. The predicted octanol–water partition coefficient (Wildman–Crippen LogP) is 0.0136. The van der Waals surface area contributed by atoms with E-state index in [0.717, 1.165) is 32.5 Å². The van der Waals surface area contributed by atoms with Crippen LogP contribution in [0.5, 0.6) is 0 Å². The summed E-state index contributed by atoms with van der Waals surface area (Å²) in [5, 5.41) is 3.12. The highest BCUT2D eigenvalue weighted by molar-refractivity contribution is 5.82. The minimum absolute atomic E-state index is 0.0370. The second-order valence-electron chi connectivity index (χ2n) is 7.43. The van der Waals surface area contributed by atoms with Crippen LogP contribution >= 0.6 is 0 Å². The third-order valence-corrected chi connectivity index (χ3v) is 5.30. The Morgan fingerprint density at radius 3 is 2.36 bits per heavy atom. The Morgan fingerprint density at radius 1 is 1.16 bits per heavy atom. The van der Waals surface area contributed by atoms with E-state index in [1.165, 1.54) is 12.8 Å². The molecule has 0 aromatic heterocycles. The molecule has 0 radical (unpaired) electrons. The maximum Gasteiger partial charge on any atom is 0.248 e. The van der Waals surface area contributed by atoms with Gasteiger partial charge in [-0.2, -0.15) is 0 Å². The molecule has 2 aliphatic rings. The molecular formula is C18H34N4O3. The summed E-state index contributed by atoms with van der Waals surface area (Å²) in [6.45, 7) is 4.54. The van der Waals surface area contributed by atoms with E-state index in [9.17, 15) is 9.59 Å². The van der Waals surface area contributed by atoms with Crippen molar-refractivity contribution in [2.45, 2.75) is 31.7 Å². The van der Waals surface area contributed by atoms with Gasteiger partial charge in [-0.1, -0.05) is 12.8 Å². The van der Waals surface area contributed by atoms with E-state index >= 15 is 0 Å². The van der Waals surface area contributed by atoms with Crippen LogP contribution in [-0.2, 0) is 14.3 Å². The van der Waals surface area contributed by atoms with E-state index in [1.807, 2.05) is 19.0 Å². The van der Waals surface area contributed by atoms with E-state index in [0.29, 0.717) is 25.6 Å². The molecule has 1 unspecified atom stereocenters. The number of carbonyl (C=O) groups is 2. The first-order valence-corrected chi connectivity index (χ1v) is 9.46. The highest BCUT2D eigenvalue weighted by Crippen LogP contribution is 2.31. The quantitative estimate of drug-likeness (QED) is 0.665. The fourth-order valence-electron chi connectivity index (χ4n) is 3.92. The van der Waals surface area contributed by atoms with Gasteiger partial charge in [-0.15, -0.1) is 0 Å². The van der Waals surface area contributed by atoms with Gasteiger partial charge in [-0.3, -0.25) is 14.5 Å². The Labute approximate surface area is 151 Å². The molecule has 2 rings (SSSR count). The standard InChI is InChI=1S/C18H34N4O3/c1-20(2)9-8-19-18(24)17(15-6-4-5-7-15)22-12-10-21(11-13-22)16(23)14-25-3/h15,17H,4-14H2,1-3H3,(H,19,24). The third-order valence-electron chi connectivity index (χ3n) is 5.30. The number of piperazine rings is 1. The predicted molar refractivity (Wildman–Crippen MR) is 97.3 cm³/mol. The first-order chi connectivity index (χ1) is 12.0. The summed E-state index contributed by atoms with van der Waals surface area (Å²) in [6, 6.07) is -0.0515. The monoisotopic (exact) mass is 354 g/mol. The molecule has 0 aromatic rings. The average molecular weight is 354 g/mol. The Morgan fingerprint density at radius 2 is 1.80 bits per heavy atom. The summed E-state index contributed by atoms with van der Waals surface area (Å²) in [7, 11) is 5.57. The van der Waals surface area contributed by atoms with Crippen molar-refractivity contribution in [1.82, 2.24) is 20.0 Å². The third kappa shape index (κ3) is 5.94.